The lowest BCUT2D eigenvalue weighted by atomic mass is 10.0. The van der Waals surface area contributed by atoms with Gasteiger partial charge in [0.15, 0.2) is 0 Å². The number of unbranched alkanes of at least 4 members (excludes halogenated alkanes) is 1. The van der Waals surface area contributed by atoms with Gasteiger partial charge in [0.25, 0.3) is 0 Å². The third-order valence-electron chi connectivity index (χ3n) is 4.48. The van der Waals surface area contributed by atoms with Gasteiger partial charge in [-0.2, -0.15) is 0 Å². The molecule has 0 bridgehead atoms. The van der Waals surface area contributed by atoms with E-state index in [9.17, 15) is 4.55 Å². The lowest BCUT2D eigenvalue weighted by molar-refractivity contribution is 0.594. The predicted octanol–water partition coefficient (Wildman–Crippen LogP) is 4.91. The van der Waals surface area contributed by atoms with Crippen molar-refractivity contribution in [3.63, 3.8) is 0 Å². The molecule has 0 aliphatic heterocycles. The molecule has 5 nitrogen and oxygen atoms in total. The molecule has 4 aromatic rings. The molecular formula is C21H20N4OS2. The Morgan fingerprint density at radius 1 is 1.11 bits per heavy atom. The summed E-state index contributed by atoms with van der Waals surface area (Å²) in [5, 5.41) is 0.852. The second-order valence-electron chi connectivity index (χ2n) is 6.43. The van der Waals surface area contributed by atoms with Gasteiger partial charge in [0.1, 0.15) is 16.3 Å². The summed E-state index contributed by atoms with van der Waals surface area (Å²) in [6.45, 7) is 2.09. The molecule has 4 aromatic heterocycles. The van der Waals surface area contributed by atoms with E-state index in [0.717, 1.165) is 45.4 Å². The number of thiophene rings is 1. The van der Waals surface area contributed by atoms with E-state index in [-0.39, 0.29) is 0 Å². The van der Waals surface area contributed by atoms with E-state index in [1.165, 1.54) is 11.3 Å². The van der Waals surface area contributed by atoms with Crippen LogP contribution < -0.4 is 5.73 Å². The van der Waals surface area contributed by atoms with Crippen LogP contribution in [0.2, 0.25) is 0 Å². The normalized spacial score (nSPS) is 12.4. The van der Waals surface area contributed by atoms with Gasteiger partial charge in [-0.3, -0.25) is 9.97 Å². The average molecular weight is 409 g/mol. The van der Waals surface area contributed by atoms with Gasteiger partial charge in [-0.25, -0.2) is 4.98 Å². The Balaban J connectivity index is 1.94. The van der Waals surface area contributed by atoms with Crippen molar-refractivity contribution in [2.24, 2.45) is 0 Å². The Hall–Kier alpha value is -2.48. The lowest BCUT2D eigenvalue weighted by Gasteiger charge is -2.09. The minimum Gasteiger partial charge on any atom is -0.611 e. The largest absolute Gasteiger partial charge is 0.611 e. The molecular weight excluding hydrogens is 388 g/mol. The number of hydrogen-bond acceptors (Lipinski definition) is 6. The maximum atomic E-state index is 12.8. The van der Waals surface area contributed by atoms with E-state index in [1.807, 2.05) is 36.5 Å². The van der Waals surface area contributed by atoms with Crippen LogP contribution in [-0.4, -0.2) is 25.3 Å². The fourth-order valence-electron chi connectivity index (χ4n) is 3.05. The molecule has 2 N–H and O–H groups in total. The third kappa shape index (κ3) is 3.61. The summed E-state index contributed by atoms with van der Waals surface area (Å²) in [6, 6.07) is 9.77. The van der Waals surface area contributed by atoms with Gasteiger partial charge in [0, 0.05) is 41.3 Å². The summed E-state index contributed by atoms with van der Waals surface area (Å²) in [5.41, 5.74) is 10.7. The molecule has 142 valence electrons. The fraction of sp³-hybridized carbons (Fsp3) is 0.190. The number of fused-ring (bicyclic) bond motifs is 1. The predicted molar refractivity (Wildman–Crippen MR) is 117 cm³/mol. The summed E-state index contributed by atoms with van der Waals surface area (Å²) < 4.78 is 13.5. The third-order valence-corrected chi connectivity index (χ3v) is 7.48. The van der Waals surface area contributed by atoms with Crippen LogP contribution in [0.1, 0.15) is 19.8 Å². The SMILES string of the molecule is CCCC[S+]([O-])c1sc2nc(-c3cccnc3)cc(-c3cccnc3)c2c1N. The Morgan fingerprint density at radius 2 is 1.82 bits per heavy atom. The van der Waals surface area contributed by atoms with E-state index in [1.54, 1.807) is 18.6 Å². The van der Waals surface area contributed by atoms with Gasteiger partial charge in [0.05, 0.1) is 5.69 Å². The molecule has 0 saturated heterocycles. The summed E-state index contributed by atoms with van der Waals surface area (Å²) in [5.74, 6) is 0.616. The molecule has 0 aromatic carbocycles. The van der Waals surface area contributed by atoms with Crippen molar-refractivity contribution in [1.29, 1.82) is 0 Å². The van der Waals surface area contributed by atoms with Crippen LogP contribution in [-0.2, 0) is 11.2 Å². The van der Waals surface area contributed by atoms with E-state index in [4.69, 9.17) is 10.7 Å². The zero-order valence-electron chi connectivity index (χ0n) is 15.5. The number of aromatic nitrogens is 3. The average Bonchev–Trinajstić information content (AvgIpc) is 3.09. The molecule has 0 aliphatic carbocycles. The van der Waals surface area contributed by atoms with Crippen LogP contribution >= 0.6 is 11.3 Å². The molecule has 4 rings (SSSR count). The van der Waals surface area contributed by atoms with Gasteiger partial charge in [-0.05, 0) is 47.4 Å². The Bertz CT molecular complexity index is 1080. The highest BCUT2D eigenvalue weighted by molar-refractivity contribution is 7.93. The van der Waals surface area contributed by atoms with Crippen LogP contribution in [0.25, 0.3) is 32.6 Å². The number of nitrogens with two attached hydrogens (primary N) is 1. The minimum atomic E-state index is -1.12. The molecule has 4 heterocycles. The number of anilines is 1. The molecule has 0 fully saturated rings. The Kier molecular flexibility index (Phi) is 5.57. The van der Waals surface area contributed by atoms with Crippen molar-refractivity contribution < 1.29 is 4.55 Å². The van der Waals surface area contributed by atoms with Crippen LogP contribution in [0.3, 0.4) is 0 Å². The minimum absolute atomic E-state index is 0.568. The second kappa shape index (κ2) is 8.26. The molecule has 1 unspecified atom stereocenters. The van der Waals surface area contributed by atoms with Crippen molar-refractivity contribution in [3.05, 3.63) is 55.1 Å². The molecule has 0 aliphatic rings. The van der Waals surface area contributed by atoms with Crippen LogP contribution in [0.15, 0.2) is 59.3 Å². The lowest BCUT2D eigenvalue weighted by Crippen LogP contribution is -2.06. The van der Waals surface area contributed by atoms with Crippen molar-refractivity contribution in [2.75, 3.05) is 11.5 Å². The molecule has 0 saturated carbocycles. The van der Waals surface area contributed by atoms with Gasteiger partial charge in [-0.1, -0.05) is 30.7 Å². The maximum absolute atomic E-state index is 12.8. The first kappa shape index (κ1) is 18.9. The fourth-order valence-corrected chi connectivity index (χ4v) is 5.85. The molecule has 7 heteroatoms. The molecule has 0 amide bonds. The van der Waals surface area contributed by atoms with Crippen molar-refractivity contribution >= 4 is 38.4 Å². The zero-order chi connectivity index (χ0) is 19.5. The monoisotopic (exact) mass is 408 g/mol. The maximum Gasteiger partial charge on any atom is 0.232 e. The quantitative estimate of drug-likeness (QED) is 0.458. The smallest absolute Gasteiger partial charge is 0.232 e. The van der Waals surface area contributed by atoms with Crippen molar-refractivity contribution in [3.8, 4) is 22.4 Å². The van der Waals surface area contributed by atoms with Crippen molar-refractivity contribution in [2.45, 2.75) is 24.0 Å². The van der Waals surface area contributed by atoms with Gasteiger partial charge in [0.2, 0.25) is 4.21 Å². The Labute approximate surface area is 170 Å². The van der Waals surface area contributed by atoms with Crippen molar-refractivity contribution in [1.82, 2.24) is 15.0 Å². The van der Waals surface area contributed by atoms with Gasteiger partial charge < -0.3 is 10.3 Å². The van der Waals surface area contributed by atoms with E-state index >= 15 is 0 Å². The molecule has 1 atom stereocenters. The number of pyridine rings is 3. The first-order valence-corrected chi connectivity index (χ1v) is 11.2. The highest BCUT2D eigenvalue weighted by Gasteiger charge is 2.24. The van der Waals surface area contributed by atoms with E-state index in [0.29, 0.717) is 15.6 Å². The number of hydrogen-bond donors (Lipinski definition) is 1. The zero-order valence-corrected chi connectivity index (χ0v) is 17.1. The highest BCUT2D eigenvalue weighted by Crippen LogP contribution is 2.43. The number of rotatable bonds is 6. The standard InChI is InChI=1S/C21H20N4OS2/c1-2-3-10-28(26)21-19(22)18-16(14-6-4-8-23-12-14)11-17(25-20(18)27-21)15-7-5-9-24-13-15/h4-9,11-13H,2-3,10,22H2,1H3. The second-order valence-corrected chi connectivity index (χ2v) is 9.19. The summed E-state index contributed by atoms with van der Waals surface area (Å²) >= 11 is 0.305. The summed E-state index contributed by atoms with van der Waals surface area (Å²) in [7, 11) is 0. The van der Waals surface area contributed by atoms with Gasteiger partial charge in [-0.15, -0.1) is 0 Å². The highest BCUT2D eigenvalue weighted by atomic mass is 32.2. The molecule has 0 spiro atoms. The number of nitrogen functional groups attached to an aromatic ring is 1. The van der Waals surface area contributed by atoms with Crippen LogP contribution in [0, 0.1) is 0 Å². The van der Waals surface area contributed by atoms with Gasteiger partial charge >= 0.3 is 0 Å². The van der Waals surface area contributed by atoms with Crippen LogP contribution in [0.5, 0.6) is 0 Å². The first-order valence-electron chi connectivity index (χ1n) is 9.11. The topological polar surface area (TPSA) is 87.8 Å². The first-order chi connectivity index (χ1) is 13.7. The van der Waals surface area contributed by atoms with Crippen LogP contribution in [0.4, 0.5) is 5.69 Å². The molecule has 28 heavy (non-hydrogen) atoms. The van der Waals surface area contributed by atoms with E-state index < -0.39 is 11.2 Å². The number of nitrogens with zero attached hydrogens (tertiary/aromatic N) is 3. The summed E-state index contributed by atoms with van der Waals surface area (Å²) in [4.78, 5) is 14.1. The van der Waals surface area contributed by atoms with E-state index in [2.05, 4.69) is 16.9 Å². The Morgan fingerprint density at radius 3 is 2.46 bits per heavy atom. The molecule has 0 radical (unpaired) electrons. The summed E-state index contributed by atoms with van der Waals surface area (Å²) in [6.07, 6.45) is 8.99.